The molecule has 0 aliphatic heterocycles. The molecule has 0 spiro atoms. The summed E-state index contributed by atoms with van der Waals surface area (Å²) < 4.78 is 7.08. The predicted molar refractivity (Wildman–Crippen MR) is 105 cm³/mol. The van der Waals surface area contributed by atoms with Crippen LogP contribution in [0, 0.1) is 6.92 Å². The van der Waals surface area contributed by atoms with E-state index in [1.807, 2.05) is 20.0 Å². The molecular weight excluding hydrogens is 340 g/mol. The minimum Gasteiger partial charge on any atom is -0.497 e. The van der Waals surface area contributed by atoms with Crippen molar-refractivity contribution < 1.29 is 9.53 Å². The van der Waals surface area contributed by atoms with Crippen LogP contribution in [0.3, 0.4) is 0 Å². The fraction of sp³-hybridized carbons (Fsp3) is 0.429. The van der Waals surface area contributed by atoms with Crippen molar-refractivity contribution in [2.75, 3.05) is 7.11 Å². The van der Waals surface area contributed by atoms with Gasteiger partial charge in [-0.05, 0) is 55.9 Å². The second kappa shape index (κ2) is 7.10. The highest BCUT2D eigenvalue weighted by atomic mass is 16.5. The van der Waals surface area contributed by atoms with Gasteiger partial charge in [0.1, 0.15) is 5.75 Å². The number of aryl methyl sites for hydroxylation is 2. The fourth-order valence-electron chi connectivity index (χ4n) is 4.28. The van der Waals surface area contributed by atoms with Crippen molar-refractivity contribution in [1.82, 2.24) is 20.1 Å². The number of H-pyrrole nitrogens is 1. The maximum Gasteiger partial charge on any atom is 0.254 e. The zero-order valence-corrected chi connectivity index (χ0v) is 16.1. The van der Waals surface area contributed by atoms with Gasteiger partial charge < -0.3 is 15.0 Å². The molecule has 6 nitrogen and oxygen atoms in total. The van der Waals surface area contributed by atoms with Gasteiger partial charge in [-0.25, -0.2) is 0 Å². The normalized spacial score (nSPS) is 20.0. The Morgan fingerprint density at radius 1 is 1.37 bits per heavy atom. The summed E-state index contributed by atoms with van der Waals surface area (Å²) in [7, 11) is 3.53. The quantitative estimate of drug-likeness (QED) is 0.740. The number of aromatic nitrogens is 3. The molecule has 0 saturated heterocycles. The molecule has 1 fully saturated rings. The molecule has 2 N–H and O–H groups in total. The van der Waals surface area contributed by atoms with Crippen LogP contribution in [-0.4, -0.2) is 33.8 Å². The molecule has 2 heterocycles. The van der Waals surface area contributed by atoms with Gasteiger partial charge in [0, 0.05) is 36.4 Å². The number of carbonyl (C=O) groups excluding carboxylic acids is 1. The summed E-state index contributed by atoms with van der Waals surface area (Å²) in [6.07, 6.45) is 8.13. The molecule has 1 aromatic carbocycles. The molecule has 0 radical (unpaired) electrons. The van der Waals surface area contributed by atoms with E-state index in [9.17, 15) is 4.79 Å². The van der Waals surface area contributed by atoms with Crippen LogP contribution in [0.2, 0.25) is 0 Å². The number of amides is 1. The molecule has 1 aliphatic carbocycles. The van der Waals surface area contributed by atoms with Crippen molar-refractivity contribution in [1.29, 1.82) is 0 Å². The Labute approximate surface area is 158 Å². The minimum absolute atomic E-state index is 0.0214. The molecule has 1 saturated carbocycles. The van der Waals surface area contributed by atoms with Gasteiger partial charge in [-0.2, -0.15) is 5.10 Å². The van der Waals surface area contributed by atoms with Gasteiger partial charge in [0.2, 0.25) is 0 Å². The van der Waals surface area contributed by atoms with Crippen LogP contribution in [0.1, 0.15) is 53.2 Å². The lowest BCUT2D eigenvalue weighted by atomic mass is 9.81. The minimum atomic E-state index is -0.0214. The summed E-state index contributed by atoms with van der Waals surface area (Å²) in [4.78, 5) is 16.0. The lowest BCUT2D eigenvalue weighted by Gasteiger charge is -2.29. The summed E-state index contributed by atoms with van der Waals surface area (Å²) in [5.41, 5.74) is 3.88. The molecule has 6 heteroatoms. The monoisotopic (exact) mass is 366 g/mol. The third-order valence-electron chi connectivity index (χ3n) is 5.63. The largest absolute Gasteiger partial charge is 0.497 e. The first-order valence-corrected chi connectivity index (χ1v) is 9.51. The lowest BCUT2D eigenvalue weighted by Crippen LogP contribution is -2.38. The number of nitrogens with zero attached hydrogens (tertiary/aromatic N) is 2. The molecule has 4 rings (SSSR count). The van der Waals surface area contributed by atoms with E-state index in [0.29, 0.717) is 11.5 Å². The van der Waals surface area contributed by atoms with Crippen molar-refractivity contribution in [3.05, 3.63) is 47.4 Å². The van der Waals surface area contributed by atoms with E-state index in [0.717, 1.165) is 42.6 Å². The van der Waals surface area contributed by atoms with Gasteiger partial charge in [0.05, 0.1) is 18.4 Å². The Morgan fingerprint density at radius 3 is 2.96 bits per heavy atom. The first-order chi connectivity index (χ1) is 13.0. The number of rotatable bonds is 4. The number of fused-ring (bicyclic) bond motifs is 1. The fourth-order valence-corrected chi connectivity index (χ4v) is 4.28. The summed E-state index contributed by atoms with van der Waals surface area (Å²) in [6.45, 7) is 1.87. The standard InChI is InChI=1S/C21H26N4O2/c1-13-19(12-25(2)24-13)21(26)23-15-6-4-5-14(9-15)18-11-22-20-8-7-16(27-3)10-17(18)20/h7-8,10-12,14-15,22H,4-6,9H2,1-3H3,(H,23,26)/t14-,15+/m1/s1. The SMILES string of the molecule is COc1ccc2[nH]cc([C@@H]3CCC[C@H](NC(=O)c4cn(C)nc4C)C3)c2c1. The van der Waals surface area contributed by atoms with E-state index in [1.165, 1.54) is 10.9 Å². The van der Waals surface area contributed by atoms with Crippen molar-refractivity contribution in [3.63, 3.8) is 0 Å². The maximum atomic E-state index is 12.6. The van der Waals surface area contributed by atoms with E-state index >= 15 is 0 Å². The summed E-state index contributed by atoms with van der Waals surface area (Å²) in [5.74, 6) is 1.28. The Morgan fingerprint density at radius 2 is 2.22 bits per heavy atom. The number of ether oxygens (including phenoxy) is 1. The molecule has 3 aromatic rings. The maximum absolute atomic E-state index is 12.6. The van der Waals surface area contributed by atoms with Gasteiger partial charge in [-0.15, -0.1) is 0 Å². The first-order valence-electron chi connectivity index (χ1n) is 9.51. The molecule has 27 heavy (non-hydrogen) atoms. The number of nitrogens with one attached hydrogen (secondary N) is 2. The molecule has 0 unspecified atom stereocenters. The van der Waals surface area contributed by atoms with E-state index in [2.05, 4.69) is 33.7 Å². The highest BCUT2D eigenvalue weighted by molar-refractivity contribution is 5.95. The van der Waals surface area contributed by atoms with Crippen molar-refractivity contribution >= 4 is 16.8 Å². The van der Waals surface area contributed by atoms with Crippen LogP contribution in [0.25, 0.3) is 10.9 Å². The van der Waals surface area contributed by atoms with Crippen LogP contribution in [0.5, 0.6) is 5.75 Å². The lowest BCUT2D eigenvalue weighted by molar-refractivity contribution is 0.0924. The van der Waals surface area contributed by atoms with E-state index < -0.39 is 0 Å². The summed E-state index contributed by atoms with van der Waals surface area (Å²) >= 11 is 0. The zero-order valence-electron chi connectivity index (χ0n) is 16.1. The van der Waals surface area contributed by atoms with Gasteiger partial charge in [0.25, 0.3) is 5.91 Å². The summed E-state index contributed by atoms with van der Waals surface area (Å²) in [5, 5.41) is 8.71. The topological polar surface area (TPSA) is 71.9 Å². The predicted octanol–water partition coefficient (Wildman–Crippen LogP) is 3.67. The Hall–Kier alpha value is -2.76. The molecule has 142 valence electrons. The van der Waals surface area contributed by atoms with Gasteiger partial charge in [-0.1, -0.05) is 6.42 Å². The third kappa shape index (κ3) is 3.44. The van der Waals surface area contributed by atoms with Crippen LogP contribution in [0.4, 0.5) is 0 Å². The van der Waals surface area contributed by atoms with Gasteiger partial charge in [0.15, 0.2) is 0 Å². The summed E-state index contributed by atoms with van der Waals surface area (Å²) in [6, 6.07) is 6.32. The number of hydrogen-bond donors (Lipinski definition) is 2. The molecule has 2 aromatic heterocycles. The van der Waals surface area contributed by atoms with E-state index in [4.69, 9.17) is 4.74 Å². The van der Waals surface area contributed by atoms with Crippen molar-refractivity contribution in [3.8, 4) is 5.75 Å². The molecule has 2 atom stereocenters. The molecular formula is C21H26N4O2. The smallest absolute Gasteiger partial charge is 0.254 e. The zero-order chi connectivity index (χ0) is 19.0. The first kappa shape index (κ1) is 17.6. The molecule has 1 amide bonds. The highest BCUT2D eigenvalue weighted by Crippen LogP contribution is 2.37. The number of aromatic amines is 1. The number of carbonyl (C=O) groups is 1. The second-order valence-corrected chi connectivity index (χ2v) is 7.49. The molecule has 1 aliphatic rings. The van der Waals surface area contributed by atoms with Crippen LogP contribution in [-0.2, 0) is 7.05 Å². The average molecular weight is 366 g/mol. The Kier molecular flexibility index (Phi) is 4.64. The van der Waals surface area contributed by atoms with Crippen LogP contribution >= 0.6 is 0 Å². The van der Waals surface area contributed by atoms with E-state index in [-0.39, 0.29) is 11.9 Å². The average Bonchev–Trinajstić information content (AvgIpc) is 3.23. The number of hydrogen-bond acceptors (Lipinski definition) is 3. The number of benzene rings is 1. The Bertz CT molecular complexity index is 972. The van der Waals surface area contributed by atoms with Crippen molar-refractivity contribution in [2.45, 2.75) is 44.6 Å². The molecule has 0 bridgehead atoms. The van der Waals surface area contributed by atoms with E-state index in [1.54, 1.807) is 18.0 Å². The number of methoxy groups -OCH3 is 1. The van der Waals surface area contributed by atoms with Crippen LogP contribution in [0.15, 0.2) is 30.6 Å². The van der Waals surface area contributed by atoms with Crippen LogP contribution < -0.4 is 10.1 Å². The second-order valence-electron chi connectivity index (χ2n) is 7.49. The van der Waals surface area contributed by atoms with Gasteiger partial charge >= 0.3 is 0 Å². The third-order valence-corrected chi connectivity index (χ3v) is 5.63. The highest BCUT2D eigenvalue weighted by Gasteiger charge is 2.27. The van der Waals surface area contributed by atoms with Gasteiger partial charge in [-0.3, -0.25) is 9.48 Å². The van der Waals surface area contributed by atoms with Crippen molar-refractivity contribution in [2.24, 2.45) is 7.05 Å². The Balaban J connectivity index is 1.51.